The van der Waals surface area contributed by atoms with Crippen LogP contribution in [0.25, 0.3) is 0 Å². The Morgan fingerprint density at radius 2 is 2.04 bits per heavy atom. The number of carbonyl (C=O) groups excluding carboxylic acids is 1. The van der Waals surface area contributed by atoms with E-state index in [1.807, 2.05) is 26.0 Å². The Morgan fingerprint density at radius 1 is 1.29 bits per heavy atom. The van der Waals surface area contributed by atoms with E-state index in [1.54, 1.807) is 17.0 Å². The highest BCUT2D eigenvalue weighted by Gasteiger charge is 2.25. The highest BCUT2D eigenvalue weighted by Crippen LogP contribution is 2.32. The number of anilines is 1. The normalized spacial score (nSPS) is 14.4. The minimum atomic E-state index is -3.62. The standard InChI is InChI=1S/C17H20N2O3S2/c1-11-5-4-6-15(12(11)2)18-24(21,22)17-9-14-10-19(13(3)20)8-7-16(14)23-17/h4-6,9,18H,7-8,10H2,1-3H3. The average Bonchev–Trinajstić information content (AvgIpc) is 2.95. The van der Waals surface area contributed by atoms with Crippen LogP contribution in [0.5, 0.6) is 0 Å². The van der Waals surface area contributed by atoms with Gasteiger partial charge >= 0.3 is 0 Å². The van der Waals surface area contributed by atoms with Crippen LogP contribution in [-0.2, 0) is 27.8 Å². The molecule has 2 heterocycles. The molecule has 0 atom stereocenters. The van der Waals surface area contributed by atoms with Crippen LogP contribution < -0.4 is 4.72 Å². The molecule has 3 rings (SSSR count). The van der Waals surface area contributed by atoms with E-state index < -0.39 is 10.0 Å². The van der Waals surface area contributed by atoms with Gasteiger partial charge in [0.1, 0.15) is 4.21 Å². The quantitative estimate of drug-likeness (QED) is 0.910. The number of benzene rings is 1. The maximum absolute atomic E-state index is 12.7. The number of nitrogens with one attached hydrogen (secondary N) is 1. The first-order chi connectivity index (χ1) is 11.3. The van der Waals surface area contributed by atoms with Gasteiger partial charge < -0.3 is 4.90 Å². The molecule has 24 heavy (non-hydrogen) atoms. The molecule has 0 radical (unpaired) electrons. The van der Waals surface area contributed by atoms with Crippen molar-refractivity contribution in [1.29, 1.82) is 0 Å². The Labute approximate surface area is 146 Å². The molecule has 128 valence electrons. The predicted octanol–water partition coefficient (Wildman–Crippen LogP) is 3.07. The number of hydrogen-bond donors (Lipinski definition) is 1. The van der Waals surface area contributed by atoms with Crippen molar-refractivity contribution < 1.29 is 13.2 Å². The first-order valence-electron chi connectivity index (χ1n) is 7.74. The van der Waals surface area contributed by atoms with Gasteiger partial charge in [0, 0.05) is 24.9 Å². The average molecular weight is 364 g/mol. The molecule has 1 aromatic heterocycles. The summed E-state index contributed by atoms with van der Waals surface area (Å²) in [5, 5.41) is 0. The van der Waals surface area contributed by atoms with E-state index in [1.165, 1.54) is 18.3 Å². The van der Waals surface area contributed by atoms with Crippen LogP contribution in [-0.4, -0.2) is 25.8 Å². The lowest BCUT2D eigenvalue weighted by Gasteiger charge is -2.25. The maximum atomic E-state index is 12.7. The molecule has 0 saturated carbocycles. The number of rotatable bonds is 3. The van der Waals surface area contributed by atoms with Gasteiger partial charge in [0.05, 0.1) is 5.69 Å². The summed E-state index contributed by atoms with van der Waals surface area (Å²) < 4.78 is 28.4. The Morgan fingerprint density at radius 3 is 2.75 bits per heavy atom. The molecule has 7 heteroatoms. The fraction of sp³-hybridized carbons (Fsp3) is 0.353. The van der Waals surface area contributed by atoms with Crippen LogP contribution in [0.4, 0.5) is 5.69 Å². The van der Waals surface area contributed by atoms with Gasteiger partial charge in [-0.1, -0.05) is 12.1 Å². The van der Waals surface area contributed by atoms with Crippen molar-refractivity contribution in [1.82, 2.24) is 4.90 Å². The lowest BCUT2D eigenvalue weighted by molar-refractivity contribution is -0.129. The molecule has 1 N–H and O–H groups in total. The molecule has 0 saturated heterocycles. The van der Waals surface area contributed by atoms with E-state index >= 15 is 0 Å². The summed E-state index contributed by atoms with van der Waals surface area (Å²) in [7, 11) is -3.62. The second kappa shape index (κ2) is 6.22. The highest BCUT2D eigenvalue weighted by molar-refractivity contribution is 7.94. The first kappa shape index (κ1) is 17.0. The minimum Gasteiger partial charge on any atom is -0.338 e. The van der Waals surface area contributed by atoms with Crippen LogP contribution in [0, 0.1) is 13.8 Å². The number of thiophene rings is 1. The molecule has 1 amide bonds. The van der Waals surface area contributed by atoms with Gasteiger partial charge in [0.2, 0.25) is 5.91 Å². The topological polar surface area (TPSA) is 66.5 Å². The summed E-state index contributed by atoms with van der Waals surface area (Å²) in [6.45, 7) is 6.52. The largest absolute Gasteiger partial charge is 0.338 e. The van der Waals surface area contributed by atoms with Gasteiger partial charge in [0.15, 0.2) is 0 Å². The zero-order valence-corrected chi connectivity index (χ0v) is 15.6. The van der Waals surface area contributed by atoms with Crippen LogP contribution in [0.2, 0.25) is 0 Å². The third kappa shape index (κ3) is 3.18. The number of aryl methyl sites for hydroxylation is 1. The number of carbonyl (C=O) groups is 1. The molecule has 0 bridgehead atoms. The van der Waals surface area contributed by atoms with Gasteiger partial charge in [-0.25, -0.2) is 8.42 Å². The number of fused-ring (bicyclic) bond motifs is 1. The molecule has 2 aromatic rings. The summed E-state index contributed by atoms with van der Waals surface area (Å²) in [4.78, 5) is 14.3. The van der Waals surface area contributed by atoms with Crippen molar-refractivity contribution in [3.8, 4) is 0 Å². The number of nitrogens with zero attached hydrogens (tertiary/aromatic N) is 1. The Bertz CT molecular complexity index is 901. The summed E-state index contributed by atoms with van der Waals surface area (Å²) in [6.07, 6.45) is 0.707. The van der Waals surface area contributed by atoms with E-state index in [9.17, 15) is 13.2 Å². The molecule has 1 aliphatic heterocycles. The molecule has 0 aliphatic carbocycles. The number of sulfonamides is 1. The number of amides is 1. The van der Waals surface area contributed by atoms with Crippen LogP contribution in [0.3, 0.4) is 0 Å². The summed E-state index contributed by atoms with van der Waals surface area (Å²) in [6, 6.07) is 7.26. The van der Waals surface area contributed by atoms with Crippen molar-refractivity contribution in [3.05, 3.63) is 45.8 Å². The molecule has 1 aromatic carbocycles. The van der Waals surface area contributed by atoms with Crippen molar-refractivity contribution >= 4 is 33.0 Å². The van der Waals surface area contributed by atoms with Crippen molar-refractivity contribution in [2.24, 2.45) is 0 Å². The van der Waals surface area contributed by atoms with Gasteiger partial charge in [0.25, 0.3) is 10.0 Å². The Balaban J connectivity index is 1.89. The third-order valence-electron chi connectivity index (χ3n) is 4.40. The van der Waals surface area contributed by atoms with Gasteiger partial charge in [-0.15, -0.1) is 11.3 Å². The van der Waals surface area contributed by atoms with Crippen molar-refractivity contribution in [2.75, 3.05) is 11.3 Å². The number of hydrogen-bond acceptors (Lipinski definition) is 4. The smallest absolute Gasteiger partial charge is 0.271 e. The molecular weight excluding hydrogens is 344 g/mol. The second-order valence-corrected chi connectivity index (χ2v) is 9.10. The van der Waals surface area contributed by atoms with E-state index in [0.29, 0.717) is 29.4 Å². The lowest BCUT2D eigenvalue weighted by atomic mass is 10.1. The SMILES string of the molecule is CC(=O)N1CCc2sc(S(=O)(=O)Nc3cccc(C)c3C)cc2C1. The lowest BCUT2D eigenvalue weighted by Crippen LogP contribution is -2.33. The van der Waals surface area contributed by atoms with Crippen LogP contribution in [0.1, 0.15) is 28.5 Å². The van der Waals surface area contributed by atoms with E-state index in [2.05, 4.69) is 4.72 Å². The molecule has 0 unspecified atom stereocenters. The minimum absolute atomic E-state index is 0.0183. The Hall–Kier alpha value is -1.86. The van der Waals surface area contributed by atoms with Gasteiger partial charge in [-0.3, -0.25) is 9.52 Å². The maximum Gasteiger partial charge on any atom is 0.271 e. The fourth-order valence-corrected chi connectivity index (χ4v) is 5.43. The molecule has 5 nitrogen and oxygen atoms in total. The summed E-state index contributed by atoms with van der Waals surface area (Å²) in [5.74, 6) is 0.0183. The molecular formula is C17H20N2O3S2. The van der Waals surface area contributed by atoms with Crippen molar-refractivity contribution in [2.45, 2.75) is 37.9 Å². The summed E-state index contributed by atoms with van der Waals surface area (Å²) >= 11 is 1.30. The van der Waals surface area contributed by atoms with Gasteiger partial charge in [-0.2, -0.15) is 0 Å². The van der Waals surface area contributed by atoms with E-state index in [0.717, 1.165) is 21.6 Å². The molecule has 0 spiro atoms. The summed E-state index contributed by atoms with van der Waals surface area (Å²) in [5.41, 5.74) is 3.50. The van der Waals surface area contributed by atoms with Crippen molar-refractivity contribution in [3.63, 3.8) is 0 Å². The van der Waals surface area contributed by atoms with Crippen LogP contribution >= 0.6 is 11.3 Å². The molecule has 1 aliphatic rings. The van der Waals surface area contributed by atoms with E-state index in [-0.39, 0.29) is 5.91 Å². The molecule has 0 fully saturated rings. The third-order valence-corrected chi connectivity index (χ3v) is 7.48. The zero-order valence-electron chi connectivity index (χ0n) is 13.9. The predicted molar refractivity (Wildman–Crippen MR) is 95.8 cm³/mol. The van der Waals surface area contributed by atoms with E-state index in [4.69, 9.17) is 0 Å². The van der Waals surface area contributed by atoms with Gasteiger partial charge in [-0.05, 0) is 49.1 Å². The highest BCUT2D eigenvalue weighted by atomic mass is 32.2. The second-order valence-electron chi connectivity index (χ2n) is 6.06. The Kier molecular flexibility index (Phi) is 4.40. The monoisotopic (exact) mass is 364 g/mol. The first-order valence-corrected chi connectivity index (χ1v) is 10.0. The zero-order chi connectivity index (χ0) is 17.5. The van der Waals surface area contributed by atoms with Crippen LogP contribution in [0.15, 0.2) is 28.5 Å². The fourth-order valence-electron chi connectivity index (χ4n) is 2.76.